The van der Waals surface area contributed by atoms with Crippen LogP contribution in [-0.2, 0) is 33.3 Å². The molecule has 7 heteroatoms. The fourth-order valence-corrected chi connectivity index (χ4v) is 2.93. The first kappa shape index (κ1) is 24.4. The van der Waals surface area contributed by atoms with Crippen molar-refractivity contribution < 1.29 is 33.3 Å². The van der Waals surface area contributed by atoms with Crippen molar-refractivity contribution in [1.29, 1.82) is 0 Å². The monoisotopic (exact) mass is 400 g/mol. The molecule has 1 saturated carbocycles. The molecule has 1 fully saturated rings. The maximum Gasteiger partial charge on any atom is 0.311 e. The Hall–Kier alpha value is -1.63. The van der Waals surface area contributed by atoms with Crippen molar-refractivity contribution >= 4 is 17.9 Å². The lowest BCUT2D eigenvalue weighted by atomic mass is 9.79. The summed E-state index contributed by atoms with van der Waals surface area (Å²) in [5.74, 6) is -2.17. The van der Waals surface area contributed by atoms with Gasteiger partial charge in [-0.2, -0.15) is 0 Å². The van der Waals surface area contributed by atoms with Crippen LogP contribution >= 0.6 is 0 Å². The van der Waals surface area contributed by atoms with Crippen LogP contribution in [0.5, 0.6) is 0 Å². The van der Waals surface area contributed by atoms with Gasteiger partial charge in [0.2, 0.25) is 0 Å². The summed E-state index contributed by atoms with van der Waals surface area (Å²) in [7, 11) is 0. The molecule has 0 aliphatic heterocycles. The van der Waals surface area contributed by atoms with Crippen LogP contribution in [0.2, 0.25) is 0 Å². The quantitative estimate of drug-likeness (QED) is 0.214. The number of esters is 3. The van der Waals surface area contributed by atoms with E-state index in [9.17, 15) is 14.4 Å². The fourth-order valence-electron chi connectivity index (χ4n) is 2.93. The van der Waals surface area contributed by atoms with E-state index >= 15 is 0 Å². The van der Waals surface area contributed by atoms with E-state index in [1.807, 2.05) is 20.8 Å². The molecule has 0 saturated heterocycles. The van der Waals surface area contributed by atoms with Crippen molar-refractivity contribution in [3.63, 3.8) is 0 Å². The summed E-state index contributed by atoms with van der Waals surface area (Å²) in [5, 5.41) is 0. The van der Waals surface area contributed by atoms with Gasteiger partial charge < -0.3 is 18.9 Å². The Morgan fingerprint density at radius 2 is 1.43 bits per heavy atom. The Morgan fingerprint density at radius 1 is 0.857 bits per heavy atom. The van der Waals surface area contributed by atoms with Crippen LogP contribution < -0.4 is 0 Å². The van der Waals surface area contributed by atoms with Gasteiger partial charge >= 0.3 is 17.9 Å². The highest BCUT2D eigenvalue weighted by Crippen LogP contribution is 2.32. The summed E-state index contributed by atoms with van der Waals surface area (Å²) in [4.78, 5) is 36.7. The van der Waals surface area contributed by atoms with E-state index in [-0.39, 0.29) is 26.0 Å². The molecule has 7 nitrogen and oxygen atoms in total. The van der Waals surface area contributed by atoms with Crippen LogP contribution in [0.4, 0.5) is 0 Å². The summed E-state index contributed by atoms with van der Waals surface area (Å²) >= 11 is 0. The molecule has 0 aromatic rings. The topological polar surface area (TPSA) is 88.1 Å². The van der Waals surface area contributed by atoms with Crippen LogP contribution in [0.3, 0.4) is 0 Å². The molecule has 0 amide bonds. The van der Waals surface area contributed by atoms with Gasteiger partial charge in [-0.3, -0.25) is 14.4 Å². The van der Waals surface area contributed by atoms with Crippen molar-refractivity contribution in [2.24, 2.45) is 17.3 Å². The maximum atomic E-state index is 12.4. The van der Waals surface area contributed by atoms with Gasteiger partial charge in [0.25, 0.3) is 0 Å². The second kappa shape index (κ2) is 12.8. The van der Waals surface area contributed by atoms with Crippen LogP contribution in [0, 0.1) is 17.3 Å². The van der Waals surface area contributed by atoms with Crippen molar-refractivity contribution in [1.82, 2.24) is 0 Å². The van der Waals surface area contributed by atoms with Gasteiger partial charge in [0, 0.05) is 0 Å². The lowest BCUT2D eigenvalue weighted by molar-refractivity contribution is -0.172. The minimum atomic E-state index is -0.554. The normalized spacial score (nSPS) is 19.7. The molecule has 2 unspecified atom stereocenters. The number of unbranched alkanes of at least 4 members (excludes halogenated alkanes) is 1. The number of rotatable bonds is 12. The lowest BCUT2D eigenvalue weighted by Crippen LogP contribution is -2.36. The molecule has 0 heterocycles. The minimum absolute atomic E-state index is 0.0111. The highest BCUT2D eigenvalue weighted by Gasteiger charge is 2.38. The molecule has 2 atom stereocenters. The molecule has 28 heavy (non-hydrogen) atoms. The number of ether oxygens (including phenoxy) is 4. The van der Waals surface area contributed by atoms with Gasteiger partial charge in [-0.25, -0.2) is 0 Å². The molecule has 0 N–H and O–H groups in total. The molecular weight excluding hydrogens is 364 g/mol. The third-order valence-electron chi connectivity index (χ3n) is 5.30. The summed E-state index contributed by atoms with van der Waals surface area (Å²) < 4.78 is 20.9. The third-order valence-corrected chi connectivity index (χ3v) is 5.30. The van der Waals surface area contributed by atoms with E-state index in [0.717, 1.165) is 25.7 Å². The molecule has 162 valence electrons. The standard InChI is InChI=1S/C21H36O7/c1-5-7-12-25-15-28-19(23)17-11-9-8-10-16(17)18(22)26-13-14-27-20(24)21(3,4)6-2/h16-17H,5-15H2,1-4H3. The van der Waals surface area contributed by atoms with E-state index in [1.54, 1.807) is 0 Å². The predicted molar refractivity (Wildman–Crippen MR) is 103 cm³/mol. The Bertz CT molecular complexity index is 501. The summed E-state index contributed by atoms with van der Waals surface area (Å²) in [6, 6.07) is 0. The third kappa shape index (κ3) is 8.17. The average molecular weight is 401 g/mol. The molecule has 0 radical (unpaired) electrons. The molecule has 0 aromatic heterocycles. The zero-order valence-electron chi connectivity index (χ0n) is 17.8. The second-order valence-electron chi connectivity index (χ2n) is 7.88. The highest BCUT2D eigenvalue weighted by atomic mass is 16.7. The van der Waals surface area contributed by atoms with Crippen LogP contribution in [-0.4, -0.2) is 44.5 Å². The van der Waals surface area contributed by atoms with E-state index in [4.69, 9.17) is 18.9 Å². The molecular formula is C21H36O7. The Kier molecular flexibility index (Phi) is 11.1. The van der Waals surface area contributed by atoms with E-state index in [1.165, 1.54) is 0 Å². The van der Waals surface area contributed by atoms with Gasteiger partial charge in [-0.15, -0.1) is 0 Å². The van der Waals surface area contributed by atoms with Gasteiger partial charge in [-0.1, -0.05) is 33.1 Å². The largest absolute Gasteiger partial charge is 0.462 e. The van der Waals surface area contributed by atoms with E-state index in [2.05, 4.69) is 6.92 Å². The maximum absolute atomic E-state index is 12.4. The summed E-state index contributed by atoms with van der Waals surface area (Å²) in [6.07, 6.45) is 5.54. The molecule has 1 aliphatic carbocycles. The fraction of sp³-hybridized carbons (Fsp3) is 0.857. The van der Waals surface area contributed by atoms with Crippen LogP contribution in [0.15, 0.2) is 0 Å². The highest BCUT2D eigenvalue weighted by molar-refractivity contribution is 5.82. The van der Waals surface area contributed by atoms with Crippen molar-refractivity contribution in [2.45, 2.75) is 72.6 Å². The molecule has 0 bridgehead atoms. The summed E-state index contributed by atoms with van der Waals surface area (Å²) in [6.45, 7) is 8.06. The first-order valence-corrected chi connectivity index (χ1v) is 10.4. The summed E-state index contributed by atoms with van der Waals surface area (Å²) in [5.41, 5.74) is -0.554. The van der Waals surface area contributed by atoms with Crippen molar-refractivity contribution in [2.75, 3.05) is 26.6 Å². The predicted octanol–water partition coefficient (Wildman–Crippen LogP) is 3.63. The van der Waals surface area contributed by atoms with Gasteiger partial charge in [0.05, 0.1) is 23.9 Å². The number of hydrogen-bond donors (Lipinski definition) is 0. The molecule has 1 rings (SSSR count). The van der Waals surface area contributed by atoms with Crippen LogP contribution in [0.25, 0.3) is 0 Å². The molecule has 1 aliphatic rings. The van der Waals surface area contributed by atoms with Crippen molar-refractivity contribution in [3.05, 3.63) is 0 Å². The average Bonchev–Trinajstić information content (AvgIpc) is 2.70. The van der Waals surface area contributed by atoms with Gasteiger partial charge in [0.15, 0.2) is 6.79 Å². The first-order valence-electron chi connectivity index (χ1n) is 10.4. The second-order valence-corrected chi connectivity index (χ2v) is 7.88. The van der Waals surface area contributed by atoms with Gasteiger partial charge in [0.1, 0.15) is 13.2 Å². The lowest BCUT2D eigenvalue weighted by Gasteiger charge is -2.28. The Balaban J connectivity index is 2.40. The number of hydrogen-bond acceptors (Lipinski definition) is 7. The zero-order chi connectivity index (χ0) is 21.0. The first-order chi connectivity index (χ1) is 13.3. The zero-order valence-corrected chi connectivity index (χ0v) is 17.8. The smallest absolute Gasteiger partial charge is 0.311 e. The SMILES string of the molecule is CCCCOCOC(=O)C1CCCCC1C(=O)OCCOC(=O)C(C)(C)CC. The number of carbonyl (C=O) groups excluding carboxylic acids is 3. The van der Waals surface area contributed by atoms with E-state index in [0.29, 0.717) is 25.9 Å². The Labute approximate surface area is 168 Å². The molecule has 0 spiro atoms. The van der Waals surface area contributed by atoms with Crippen molar-refractivity contribution in [3.8, 4) is 0 Å². The minimum Gasteiger partial charge on any atom is -0.462 e. The Morgan fingerprint density at radius 3 is 2.00 bits per heavy atom. The number of carbonyl (C=O) groups is 3. The van der Waals surface area contributed by atoms with Gasteiger partial charge in [-0.05, 0) is 39.5 Å². The van der Waals surface area contributed by atoms with E-state index < -0.39 is 29.2 Å². The van der Waals surface area contributed by atoms with Crippen LogP contribution in [0.1, 0.15) is 72.6 Å². The molecule has 0 aromatic carbocycles.